The molecule has 1 unspecified atom stereocenters. The van der Waals surface area contributed by atoms with Crippen molar-refractivity contribution in [2.75, 3.05) is 6.54 Å². The average Bonchev–Trinajstić information content (AvgIpc) is 3.46. The van der Waals surface area contributed by atoms with Crippen molar-refractivity contribution in [1.82, 2.24) is 10.2 Å². The molecule has 146 valence electrons. The van der Waals surface area contributed by atoms with E-state index in [1.165, 1.54) is 18.4 Å². The smallest absolute Gasteiger partial charge is 0.243 e. The van der Waals surface area contributed by atoms with Crippen LogP contribution in [0.3, 0.4) is 0 Å². The van der Waals surface area contributed by atoms with Gasteiger partial charge in [0.05, 0.1) is 0 Å². The predicted molar refractivity (Wildman–Crippen MR) is 110 cm³/mol. The van der Waals surface area contributed by atoms with Crippen molar-refractivity contribution >= 4 is 11.8 Å². The summed E-state index contributed by atoms with van der Waals surface area (Å²) in [6.07, 6.45) is 4.57. The van der Waals surface area contributed by atoms with Gasteiger partial charge in [-0.2, -0.15) is 0 Å². The van der Waals surface area contributed by atoms with Gasteiger partial charge in [0, 0.05) is 19.5 Å². The fraction of sp³-hybridized carbons (Fsp3) is 0.417. The topological polar surface area (TPSA) is 49.4 Å². The highest BCUT2D eigenvalue weighted by molar-refractivity contribution is 5.88. The Kier molecular flexibility index (Phi) is 5.75. The number of hydrogen-bond donors (Lipinski definition) is 1. The van der Waals surface area contributed by atoms with E-state index in [0.717, 1.165) is 18.4 Å². The largest absolute Gasteiger partial charge is 0.350 e. The Labute approximate surface area is 166 Å². The van der Waals surface area contributed by atoms with Crippen LogP contribution in [0.1, 0.15) is 49.1 Å². The molecule has 0 aromatic heterocycles. The minimum Gasteiger partial charge on any atom is -0.350 e. The Morgan fingerprint density at radius 3 is 2.32 bits per heavy atom. The van der Waals surface area contributed by atoms with Crippen LogP contribution in [0, 0.1) is 5.92 Å². The molecule has 1 saturated carbocycles. The SMILES string of the molecule is O=C(NCc1ccccc1)[C@@H]1CCCN1C(=O)CC(c1ccccc1)C1CC1. The summed E-state index contributed by atoms with van der Waals surface area (Å²) in [6.45, 7) is 1.20. The molecule has 2 aromatic rings. The number of nitrogens with one attached hydrogen (secondary N) is 1. The van der Waals surface area contributed by atoms with E-state index in [1.807, 2.05) is 53.4 Å². The summed E-state index contributed by atoms with van der Waals surface area (Å²) in [4.78, 5) is 27.6. The van der Waals surface area contributed by atoms with Crippen LogP contribution >= 0.6 is 0 Å². The first-order valence-electron chi connectivity index (χ1n) is 10.4. The highest BCUT2D eigenvalue weighted by atomic mass is 16.2. The fourth-order valence-electron chi connectivity index (χ4n) is 4.30. The molecular formula is C24H28N2O2. The molecule has 2 atom stereocenters. The highest BCUT2D eigenvalue weighted by Crippen LogP contribution is 2.45. The van der Waals surface area contributed by atoms with Crippen LogP contribution < -0.4 is 5.32 Å². The van der Waals surface area contributed by atoms with Crippen molar-refractivity contribution in [2.24, 2.45) is 5.92 Å². The molecule has 4 heteroatoms. The molecule has 1 saturated heterocycles. The third-order valence-corrected chi connectivity index (χ3v) is 6.00. The molecule has 1 heterocycles. The number of rotatable bonds is 7. The standard InChI is InChI=1S/C24H28N2O2/c27-23(16-21(20-13-14-20)19-10-5-2-6-11-19)26-15-7-12-22(26)24(28)25-17-18-8-3-1-4-9-18/h1-6,8-11,20-22H,7,12-17H2,(H,25,28)/t21?,22-/m0/s1. The van der Waals surface area contributed by atoms with Crippen LogP contribution in [-0.2, 0) is 16.1 Å². The number of carbonyl (C=O) groups excluding carboxylic acids is 2. The van der Waals surface area contributed by atoms with Gasteiger partial charge < -0.3 is 10.2 Å². The minimum absolute atomic E-state index is 0.0302. The maximum Gasteiger partial charge on any atom is 0.243 e. The number of carbonyl (C=O) groups is 2. The van der Waals surface area contributed by atoms with Crippen molar-refractivity contribution in [3.8, 4) is 0 Å². The Hall–Kier alpha value is -2.62. The molecule has 2 fully saturated rings. The molecular weight excluding hydrogens is 348 g/mol. The second-order valence-electron chi connectivity index (χ2n) is 8.01. The number of benzene rings is 2. The van der Waals surface area contributed by atoms with E-state index in [1.54, 1.807) is 0 Å². The lowest BCUT2D eigenvalue weighted by atomic mass is 9.90. The molecule has 1 N–H and O–H groups in total. The van der Waals surface area contributed by atoms with Crippen LogP contribution in [-0.4, -0.2) is 29.3 Å². The Morgan fingerprint density at radius 1 is 0.964 bits per heavy atom. The zero-order valence-electron chi connectivity index (χ0n) is 16.2. The van der Waals surface area contributed by atoms with Crippen molar-refractivity contribution < 1.29 is 9.59 Å². The first-order chi connectivity index (χ1) is 13.7. The lowest BCUT2D eigenvalue weighted by molar-refractivity contribution is -0.138. The normalized spacial score (nSPS) is 20.0. The van der Waals surface area contributed by atoms with Crippen molar-refractivity contribution in [3.05, 3.63) is 71.8 Å². The first-order valence-corrected chi connectivity index (χ1v) is 10.4. The van der Waals surface area contributed by atoms with Crippen LogP contribution in [0.2, 0.25) is 0 Å². The molecule has 1 aliphatic heterocycles. The zero-order chi connectivity index (χ0) is 19.3. The van der Waals surface area contributed by atoms with Crippen molar-refractivity contribution in [2.45, 2.75) is 50.6 Å². The van der Waals surface area contributed by atoms with Crippen molar-refractivity contribution in [1.29, 1.82) is 0 Å². The van der Waals surface area contributed by atoms with E-state index in [2.05, 4.69) is 17.4 Å². The molecule has 2 aliphatic rings. The monoisotopic (exact) mass is 376 g/mol. The van der Waals surface area contributed by atoms with Gasteiger partial charge in [-0.3, -0.25) is 9.59 Å². The fourth-order valence-corrected chi connectivity index (χ4v) is 4.30. The summed E-state index contributed by atoms with van der Waals surface area (Å²) in [7, 11) is 0. The number of likely N-dealkylation sites (tertiary alicyclic amines) is 1. The minimum atomic E-state index is -0.327. The van der Waals surface area contributed by atoms with E-state index >= 15 is 0 Å². The highest BCUT2D eigenvalue weighted by Gasteiger charge is 2.38. The Balaban J connectivity index is 1.38. The van der Waals surface area contributed by atoms with Crippen LogP contribution in [0.15, 0.2) is 60.7 Å². The zero-order valence-corrected chi connectivity index (χ0v) is 16.2. The molecule has 28 heavy (non-hydrogen) atoms. The van der Waals surface area contributed by atoms with Gasteiger partial charge in [-0.15, -0.1) is 0 Å². The van der Waals surface area contributed by atoms with Crippen LogP contribution in [0.4, 0.5) is 0 Å². The van der Waals surface area contributed by atoms with Gasteiger partial charge in [-0.25, -0.2) is 0 Å². The second-order valence-corrected chi connectivity index (χ2v) is 8.01. The van der Waals surface area contributed by atoms with Gasteiger partial charge in [-0.05, 0) is 48.6 Å². The Bertz CT molecular complexity index is 802. The molecule has 2 amide bonds. The van der Waals surface area contributed by atoms with Gasteiger partial charge >= 0.3 is 0 Å². The predicted octanol–water partition coefficient (Wildman–Crippen LogP) is 3.88. The van der Waals surface area contributed by atoms with Crippen LogP contribution in [0.25, 0.3) is 0 Å². The number of amides is 2. The second kappa shape index (κ2) is 8.59. The number of nitrogens with zero attached hydrogens (tertiary/aromatic N) is 1. The molecule has 0 spiro atoms. The average molecular weight is 377 g/mol. The summed E-state index contributed by atoms with van der Waals surface area (Å²) < 4.78 is 0. The lowest BCUT2D eigenvalue weighted by Gasteiger charge is -2.26. The van der Waals surface area contributed by atoms with Gasteiger partial charge in [0.25, 0.3) is 0 Å². The quantitative estimate of drug-likeness (QED) is 0.797. The van der Waals surface area contributed by atoms with E-state index in [4.69, 9.17) is 0 Å². The first kappa shape index (κ1) is 18.7. The molecule has 0 radical (unpaired) electrons. The van der Waals surface area contributed by atoms with Crippen molar-refractivity contribution in [3.63, 3.8) is 0 Å². The summed E-state index contributed by atoms with van der Waals surface area (Å²) in [5.74, 6) is 0.983. The molecule has 4 rings (SSSR count). The number of hydrogen-bond acceptors (Lipinski definition) is 2. The third-order valence-electron chi connectivity index (χ3n) is 6.00. The molecule has 4 nitrogen and oxygen atoms in total. The van der Waals surface area contributed by atoms with E-state index in [9.17, 15) is 9.59 Å². The van der Waals surface area contributed by atoms with Gasteiger partial charge in [0.15, 0.2) is 0 Å². The Morgan fingerprint density at radius 2 is 1.64 bits per heavy atom. The van der Waals surface area contributed by atoms with Gasteiger partial charge in [0.1, 0.15) is 6.04 Å². The van der Waals surface area contributed by atoms with E-state index < -0.39 is 0 Å². The third kappa shape index (κ3) is 4.44. The maximum atomic E-state index is 13.1. The van der Waals surface area contributed by atoms with Gasteiger partial charge in [0.2, 0.25) is 11.8 Å². The van der Waals surface area contributed by atoms with E-state index in [-0.39, 0.29) is 23.8 Å². The molecule has 0 bridgehead atoms. The summed E-state index contributed by atoms with van der Waals surface area (Å²) in [6, 6.07) is 19.9. The summed E-state index contributed by atoms with van der Waals surface area (Å²) in [5, 5.41) is 3.01. The molecule has 2 aromatic carbocycles. The van der Waals surface area contributed by atoms with E-state index in [0.29, 0.717) is 25.4 Å². The van der Waals surface area contributed by atoms with Crippen LogP contribution in [0.5, 0.6) is 0 Å². The summed E-state index contributed by atoms with van der Waals surface area (Å²) in [5.41, 5.74) is 2.33. The van der Waals surface area contributed by atoms with Gasteiger partial charge in [-0.1, -0.05) is 60.7 Å². The maximum absolute atomic E-state index is 13.1. The molecule has 1 aliphatic carbocycles. The lowest BCUT2D eigenvalue weighted by Crippen LogP contribution is -2.46. The summed E-state index contributed by atoms with van der Waals surface area (Å²) >= 11 is 0.